The average molecular weight is 332 g/mol. The molecule has 4 heterocycles. The van der Waals surface area contributed by atoms with Gasteiger partial charge in [0.1, 0.15) is 6.26 Å². The van der Waals surface area contributed by atoms with Gasteiger partial charge in [-0.15, -0.1) is 11.3 Å². The summed E-state index contributed by atoms with van der Waals surface area (Å²) in [6, 6.07) is 4.86. The van der Waals surface area contributed by atoms with Crippen molar-refractivity contribution in [2.45, 2.75) is 57.7 Å². The molecule has 23 heavy (non-hydrogen) atoms. The lowest BCUT2D eigenvalue weighted by molar-refractivity contribution is -0.112. The highest BCUT2D eigenvalue weighted by atomic mass is 32.1. The first-order valence-corrected chi connectivity index (χ1v) is 9.41. The number of fused-ring (bicyclic) bond motifs is 2. The molecular weight excluding hydrogens is 308 g/mol. The molecule has 0 saturated carbocycles. The fourth-order valence-electron chi connectivity index (χ4n) is 4.04. The summed E-state index contributed by atoms with van der Waals surface area (Å²) in [6.45, 7) is 7.33. The molecule has 2 aliphatic heterocycles. The summed E-state index contributed by atoms with van der Waals surface area (Å²) in [5.74, 6) is 0. The Bertz CT molecular complexity index is 667. The smallest absolute Gasteiger partial charge is 0.124 e. The molecule has 0 N–H and O–H groups in total. The number of rotatable bonds is 3. The standard InChI is InChI=1S/C18H24N2O2S/c1-3-15-10-16-17(23-15)5-8-21-18(16)6-7-20(13(2)11-18)12-14-4-9-22-19-14/h4,9-10,13H,3,5-8,11-12H2,1-2H3. The molecule has 2 atom stereocenters. The monoisotopic (exact) mass is 332 g/mol. The van der Waals surface area contributed by atoms with E-state index in [1.807, 2.05) is 17.4 Å². The maximum atomic E-state index is 6.39. The topological polar surface area (TPSA) is 38.5 Å². The maximum Gasteiger partial charge on any atom is 0.124 e. The summed E-state index contributed by atoms with van der Waals surface area (Å²) >= 11 is 1.99. The highest BCUT2D eigenvalue weighted by molar-refractivity contribution is 7.12. The molecule has 0 radical (unpaired) electrons. The molecule has 0 aliphatic carbocycles. The lowest BCUT2D eigenvalue weighted by Gasteiger charge is -2.47. The van der Waals surface area contributed by atoms with Crippen LogP contribution >= 0.6 is 11.3 Å². The van der Waals surface area contributed by atoms with E-state index in [1.54, 1.807) is 11.1 Å². The lowest BCUT2D eigenvalue weighted by atomic mass is 9.79. The van der Waals surface area contributed by atoms with E-state index in [-0.39, 0.29) is 5.60 Å². The second-order valence-corrected chi connectivity index (χ2v) is 7.98. The summed E-state index contributed by atoms with van der Waals surface area (Å²) < 4.78 is 11.4. The van der Waals surface area contributed by atoms with E-state index in [0.717, 1.165) is 51.1 Å². The fourth-order valence-corrected chi connectivity index (χ4v) is 5.22. The van der Waals surface area contributed by atoms with E-state index >= 15 is 0 Å². The minimum Gasteiger partial charge on any atom is -0.370 e. The van der Waals surface area contributed by atoms with Crippen molar-refractivity contribution in [3.63, 3.8) is 0 Å². The SMILES string of the molecule is CCc1cc2c(s1)CCOC21CCN(Cc2ccon2)C(C)C1. The second-order valence-electron chi connectivity index (χ2n) is 6.76. The van der Waals surface area contributed by atoms with Gasteiger partial charge in [-0.2, -0.15) is 0 Å². The van der Waals surface area contributed by atoms with Gasteiger partial charge in [-0.3, -0.25) is 4.90 Å². The Morgan fingerprint density at radius 1 is 1.48 bits per heavy atom. The van der Waals surface area contributed by atoms with Crippen molar-refractivity contribution in [1.82, 2.24) is 10.1 Å². The molecule has 2 aromatic heterocycles. The van der Waals surface area contributed by atoms with Crippen molar-refractivity contribution in [2.24, 2.45) is 0 Å². The molecule has 4 nitrogen and oxygen atoms in total. The predicted molar refractivity (Wildman–Crippen MR) is 90.6 cm³/mol. The molecular formula is C18H24N2O2S. The van der Waals surface area contributed by atoms with Crippen LogP contribution in [0.3, 0.4) is 0 Å². The Morgan fingerprint density at radius 3 is 3.13 bits per heavy atom. The van der Waals surface area contributed by atoms with Gasteiger partial charge >= 0.3 is 0 Å². The summed E-state index contributed by atoms with van der Waals surface area (Å²) in [6.07, 6.45) is 6.00. The molecule has 1 fully saturated rings. The van der Waals surface area contributed by atoms with Gasteiger partial charge in [0.15, 0.2) is 0 Å². The van der Waals surface area contributed by atoms with E-state index < -0.39 is 0 Å². The van der Waals surface area contributed by atoms with Crippen molar-refractivity contribution in [3.05, 3.63) is 39.4 Å². The van der Waals surface area contributed by atoms with Crippen LogP contribution in [0.25, 0.3) is 0 Å². The molecule has 0 aromatic carbocycles. The first kappa shape index (κ1) is 15.4. The number of ether oxygens (including phenoxy) is 1. The van der Waals surface area contributed by atoms with E-state index in [4.69, 9.17) is 9.26 Å². The van der Waals surface area contributed by atoms with Crippen LogP contribution in [0.4, 0.5) is 0 Å². The highest BCUT2D eigenvalue weighted by Gasteiger charge is 2.44. The van der Waals surface area contributed by atoms with Gasteiger partial charge in [-0.05, 0) is 37.8 Å². The molecule has 124 valence electrons. The first-order chi connectivity index (χ1) is 11.2. The van der Waals surface area contributed by atoms with E-state index in [0.29, 0.717) is 6.04 Å². The normalized spacial score (nSPS) is 28.2. The van der Waals surface area contributed by atoms with Crippen LogP contribution in [-0.2, 0) is 29.7 Å². The molecule has 2 aromatic rings. The lowest BCUT2D eigenvalue weighted by Crippen LogP contribution is -2.50. The zero-order valence-electron chi connectivity index (χ0n) is 13.9. The molecule has 5 heteroatoms. The van der Waals surface area contributed by atoms with Crippen LogP contribution in [0.1, 0.15) is 47.7 Å². The van der Waals surface area contributed by atoms with Crippen molar-refractivity contribution in [3.8, 4) is 0 Å². The van der Waals surface area contributed by atoms with E-state index in [9.17, 15) is 0 Å². The van der Waals surface area contributed by atoms with Gasteiger partial charge in [0, 0.05) is 41.4 Å². The Morgan fingerprint density at radius 2 is 2.39 bits per heavy atom. The van der Waals surface area contributed by atoms with Crippen LogP contribution in [-0.4, -0.2) is 29.3 Å². The van der Waals surface area contributed by atoms with Crippen LogP contribution in [0, 0.1) is 0 Å². The van der Waals surface area contributed by atoms with Crippen molar-refractivity contribution in [2.75, 3.05) is 13.2 Å². The fraction of sp³-hybridized carbons (Fsp3) is 0.611. The van der Waals surface area contributed by atoms with Gasteiger partial charge in [0.25, 0.3) is 0 Å². The van der Waals surface area contributed by atoms with Gasteiger partial charge < -0.3 is 9.26 Å². The summed E-state index contributed by atoms with van der Waals surface area (Å²) in [4.78, 5) is 5.55. The van der Waals surface area contributed by atoms with E-state index in [2.05, 4.69) is 30.0 Å². The Hall–Kier alpha value is -1.17. The largest absolute Gasteiger partial charge is 0.370 e. The molecule has 0 amide bonds. The minimum atomic E-state index is -0.0583. The van der Waals surface area contributed by atoms with Gasteiger partial charge in [-0.25, -0.2) is 0 Å². The number of nitrogens with zero attached hydrogens (tertiary/aromatic N) is 2. The number of thiophene rings is 1. The minimum absolute atomic E-state index is 0.0583. The van der Waals surface area contributed by atoms with Crippen LogP contribution < -0.4 is 0 Å². The third-order valence-electron chi connectivity index (χ3n) is 5.31. The number of likely N-dealkylation sites (tertiary alicyclic amines) is 1. The number of hydrogen-bond acceptors (Lipinski definition) is 5. The number of aryl methyl sites for hydroxylation is 1. The molecule has 1 saturated heterocycles. The molecule has 2 aliphatic rings. The summed E-state index contributed by atoms with van der Waals surface area (Å²) in [5.41, 5.74) is 2.44. The number of hydrogen-bond donors (Lipinski definition) is 0. The predicted octanol–water partition coefficient (Wildman–Crippen LogP) is 3.75. The third kappa shape index (κ3) is 2.75. The zero-order valence-corrected chi connectivity index (χ0v) is 14.7. The molecule has 0 bridgehead atoms. The second kappa shape index (κ2) is 6.04. The maximum absolute atomic E-state index is 6.39. The highest BCUT2D eigenvalue weighted by Crippen LogP contribution is 2.46. The first-order valence-electron chi connectivity index (χ1n) is 8.59. The Labute approximate surface area is 141 Å². The Kier molecular flexibility index (Phi) is 4.03. The third-order valence-corrected chi connectivity index (χ3v) is 6.65. The van der Waals surface area contributed by atoms with Gasteiger partial charge in [-0.1, -0.05) is 12.1 Å². The summed E-state index contributed by atoms with van der Waals surface area (Å²) in [5, 5.41) is 4.05. The van der Waals surface area contributed by atoms with Gasteiger partial charge in [0.2, 0.25) is 0 Å². The van der Waals surface area contributed by atoms with Crippen molar-refractivity contribution in [1.29, 1.82) is 0 Å². The molecule has 1 spiro atoms. The summed E-state index contributed by atoms with van der Waals surface area (Å²) in [7, 11) is 0. The number of piperidine rings is 1. The van der Waals surface area contributed by atoms with Crippen LogP contribution in [0.5, 0.6) is 0 Å². The van der Waals surface area contributed by atoms with Crippen LogP contribution in [0.2, 0.25) is 0 Å². The number of aromatic nitrogens is 1. The van der Waals surface area contributed by atoms with Crippen molar-refractivity contribution >= 4 is 11.3 Å². The molecule has 4 rings (SSSR count). The zero-order chi connectivity index (χ0) is 15.9. The van der Waals surface area contributed by atoms with Crippen LogP contribution in [0.15, 0.2) is 22.9 Å². The van der Waals surface area contributed by atoms with E-state index in [1.165, 1.54) is 10.4 Å². The quantitative estimate of drug-likeness (QED) is 0.858. The van der Waals surface area contributed by atoms with Gasteiger partial charge in [0.05, 0.1) is 17.9 Å². The average Bonchev–Trinajstić information content (AvgIpc) is 3.20. The molecule has 2 unspecified atom stereocenters. The van der Waals surface area contributed by atoms with Crippen molar-refractivity contribution < 1.29 is 9.26 Å². The Balaban J connectivity index is 1.55.